The molecular formula is C10H14IN3O. The lowest BCUT2D eigenvalue weighted by Crippen LogP contribution is -2.25. The van der Waals surface area contributed by atoms with Gasteiger partial charge in [0, 0.05) is 18.3 Å². The zero-order valence-electron chi connectivity index (χ0n) is 8.23. The Morgan fingerprint density at radius 1 is 1.47 bits per heavy atom. The van der Waals surface area contributed by atoms with Crippen molar-refractivity contribution in [1.29, 1.82) is 0 Å². The van der Waals surface area contributed by atoms with Crippen molar-refractivity contribution in [3.8, 4) is 5.75 Å². The lowest BCUT2D eigenvalue weighted by Gasteiger charge is -2.06. The Labute approximate surface area is 106 Å². The Bertz CT molecular complexity index is 354. The Morgan fingerprint density at radius 3 is 3.00 bits per heavy atom. The van der Waals surface area contributed by atoms with Crippen molar-refractivity contribution in [3.63, 3.8) is 0 Å². The molecule has 1 aromatic rings. The van der Waals surface area contributed by atoms with E-state index in [0.29, 0.717) is 6.54 Å². The molecule has 0 saturated carbocycles. The van der Waals surface area contributed by atoms with Gasteiger partial charge in [-0.15, -0.1) is 24.0 Å². The summed E-state index contributed by atoms with van der Waals surface area (Å²) in [6, 6.07) is 7.06. The van der Waals surface area contributed by atoms with E-state index >= 15 is 0 Å². The van der Waals surface area contributed by atoms with E-state index in [4.69, 9.17) is 0 Å². The monoisotopic (exact) mass is 319 g/mol. The molecule has 0 atom stereocenters. The summed E-state index contributed by atoms with van der Waals surface area (Å²) >= 11 is 0. The van der Waals surface area contributed by atoms with Crippen molar-refractivity contribution >= 4 is 35.5 Å². The van der Waals surface area contributed by atoms with Crippen LogP contribution in [-0.2, 0) is 0 Å². The Morgan fingerprint density at radius 2 is 2.33 bits per heavy atom. The lowest BCUT2D eigenvalue weighted by molar-refractivity contribution is 0.475. The maximum atomic E-state index is 9.22. The van der Waals surface area contributed by atoms with Crippen molar-refractivity contribution in [2.75, 3.05) is 25.0 Å². The predicted octanol–water partition coefficient (Wildman–Crippen LogP) is 1.42. The highest BCUT2D eigenvalue weighted by molar-refractivity contribution is 14.0. The van der Waals surface area contributed by atoms with Gasteiger partial charge in [0.25, 0.3) is 0 Å². The number of phenols is 1. The van der Waals surface area contributed by atoms with Crippen LogP contribution in [0.15, 0.2) is 29.3 Å². The molecule has 2 rings (SSSR count). The number of anilines is 1. The van der Waals surface area contributed by atoms with E-state index in [1.54, 1.807) is 12.1 Å². The molecule has 0 radical (unpaired) electrons. The average Bonchev–Trinajstić information content (AvgIpc) is 2.67. The van der Waals surface area contributed by atoms with E-state index in [1.165, 1.54) is 0 Å². The molecule has 0 amide bonds. The normalized spacial score (nSPS) is 13.7. The third-order valence-corrected chi connectivity index (χ3v) is 2.05. The maximum absolute atomic E-state index is 9.22. The van der Waals surface area contributed by atoms with Crippen LogP contribution in [0.25, 0.3) is 0 Å². The molecule has 1 aliphatic rings. The van der Waals surface area contributed by atoms with Gasteiger partial charge in [0.2, 0.25) is 0 Å². The molecule has 0 saturated heterocycles. The van der Waals surface area contributed by atoms with Crippen molar-refractivity contribution in [2.45, 2.75) is 0 Å². The third-order valence-electron chi connectivity index (χ3n) is 2.05. The zero-order chi connectivity index (χ0) is 9.80. The number of rotatable bonds is 3. The molecule has 0 bridgehead atoms. The fourth-order valence-corrected chi connectivity index (χ4v) is 1.37. The summed E-state index contributed by atoms with van der Waals surface area (Å²) in [4.78, 5) is 4.25. The highest BCUT2D eigenvalue weighted by atomic mass is 127. The number of aliphatic imine (C=N–C) groups is 1. The molecule has 0 aromatic heterocycles. The largest absolute Gasteiger partial charge is 0.508 e. The number of amidine groups is 1. The molecule has 82 valence electrons. The van der Waals surface area contributed by atoms with Gasteiger partial charge >= 0.3 is 0 Å². The molecular weight excluding hydrogens is 305 g/mol. The lowest BCUT2D eigenvalue weighted by atomic mass is 10.3. The van der Waals surface area contributed by atoms with Gasteiger partial charge in [0.15, 0.2) is 0 Å². The number of aromatic hydroxyl groups is 1. The number of hydrogen-bond donors (Lipinski definition) is 3. The molecule has 3 N–H and O–H groups in total. The van der Waals surface area contributed by atoms with Gasteiger partial charge in [-0.2, -0.15) is 0 Å². The molecule has 0 fully saturated rings. The van der Waals surface area contributed by atoms with Crippen LogP contribution in [0.1, 0.15) is 0 Å². The summed E-state index contributed by atoms with van der Waals surface area (Å²) in [6.45, 7) is 2.47. The van der Waals surface area contributed by atoms with Crippen LogP contribution in [0, 0.1) is 0 Å². The maximum Gasteiger partial charge on any atom is 0.117 e. The molecule has 0 unspecified atom stereocenters. The summed E-state index contributed by atoms with van der Waals surface area (Å²) < 4.78 is 0. The summed E-state index contributed by atoms with van der Waals surface area (Å²) in [6.07, 6.45) is 0. The van der Waals surface area contributed by atoms with E-state index < -0.39 is 0 Å². The van der Waals surface area contributed by atoms with Crippen molar-refractivity contribution < 1.29 is 5.11 Å². The van der Waals surface area contributed by atoms with Crippen molar-refractivity contribution in [2.24, 2.45) is 4.99 Å². The number of benzene rings is 1. The van der Waals surface area contributed by atoms with Gasteiger partial charge in [0.1, 0.15) is 11.6 Å². The van der Waals surface area contributed by atoms with Crippen LogP contribution >= 0.6 is 24.0 Å². The molecule has 5 heteroatoms. The number of hydrogen-bond acceptors (Lipinski definition) is 4. The minimum Gasteiger partial charge on any atom is -0.508 e. The topological polar surface area (TPSA) is 56.6 Å². The van der Waals surface area contributed by atoms with Gasteiger partial charge < -0.3 is 15.7 Å². The summed E-state index contributed by atoms with van der Waals surface area (Å²) in [7, 11) is 0. The first-order valence-electron chi connectivity index (χ1n) is 4.65. The molecule has 15 heavy (non-hydrogen) atoms. The molecule has 1 aliphatic heterocycles. The zero-order valence-corrected chi connectivity index (χ0v) is 10.6. The summed E-state index contributed by atoms with van der Waals surface area (Å²) in [5.41, 5.74) is 0.904. The minimum atomic E-state index is 0. The quantitative estimate of drug-likeness (QED) is 0.739. The van der Waals surface area contributed by atoms with Crippen LogP contribution in [0.5, 0.6) is 5.75 Å². The molecule has 1 heterocycles. The Hall–Kier alpha value is -0.980. The molecule has 4 nitrogen and oxygen atoms in total. The fraction of sp³-hybridized carbons (Fsp3) is 0.300. The van der Waals surface area contributed by atoms with Crippen LogP contribution in [0.2, 0.25) is 0 Å². The van der Waals surface area contributed by atoms with E-state index in [-0.39, 0.29) is 29.7 Å². The molecule has 0 spiro atoms. The Balaban J connectivity index is 0.00000112. The second-order valence-electron chi connectivity index (χ2n) is 3.16. The van der Waals surface area contributed by atoms with Crippen molar-refractivity contribution in [3.05, 3.63) is 24.3 Å². The Kier molecular flexibility index (Phi) is 4.67. The highest BCUT2D eigenvalue weighted by Gasteiger charge is 2.03. The van der Waals surface area contributed by atoms with Gasteiger partial charge in [-0.1, -0.05) is 6.07 Å². The molecule has 1 aromatic carbocycles. The van der Waals surface area contributed by atoms with Crippen LogP contribution < -0.4 is 10.6 Å². The smallest absolute Gasteiger partial charge is 0.117 e. The highest BCUT2D eigenvalue weighted by Crippen LogP contribution is 2.14. The van der Waals surface area contributed by atoms with Crippen LogP contribution in [0.4, 0.5) is 5.69 Å². The van der Waals surface area contributed by atoms with E-state index in [9.17, 15) is 5.11 Å². The van der Waals surface area contributed by atoms with Gasteiger partial charge in [0.05, 0.1) is 13.1 Å². The summed E-state index contributed by atoms with van der Waals surface area (Å²) in [5.74, 6) is 1.25. The summed E-state index contributed by atoms with van der Waals surface area (Å²) in [5, 5.41) is 15.6. The van der Waals surface area contributed by atoms with Crippen LogP contribution in [-0.4, -0.2) is 30.6 Å². The van der Waals surface area contributed by atoms with Gasteiger partial charge in [-0.25, -0.2) is 0 Å². The fourth-order valence-electron chi connectivity index (χ4n) is 1.37. The minimum absolute atomic E-state index is 0. The number of nitrogens with zero attached hydrogens (tertiary/aromatic N) is 1. The average molecular weight is 319 g/mol. The standard InChI is InChI=1S/C10H13N3O.HI/c14-9-3-1-2-8(6-9)13-7-10-11-4-5-12-10;/h1-3,6,13-14H,4-5,7H2,(H,11,12);1H. The SMILES string of the molecule is I.Oc1cccc(NCC2=NCCN2)c1. The first kappa shape index (κ1) is 12.1. The van der Waals surface area contributed by atoms with Crippen molar-refractivity contribution in [1.82, 2.24) is 5.32 Å². The first-order valence-corrected chi connectivity index (χ1v) is 4.65. The third kappa shape index (κ3) is 3.58. The van der Waals surface area contributed by atoms with E-state index in [1.807, 2.05) is 12.1 Å². The predicted molar refractivity (Wildman–Crippen MR) is 72.3 cm³/mol. The van der Waals surface area contributed by atoms with Crippen LogP contribution in [0.3, 0.4) is 0 Å². The number of halogens is 1. The van der Waals surface area contributed by atoms with E-state index in [2.05, 4.69) is 15.6 Å². The first-order chi connectivity index (χ1) is 6.84. The van der Waals surface area contributed by atoms with E-state index in [0.717, 1.165) is 24.6 Å². The molecule has 0 aliphatic carbocycles. The van der Waals surface area contributed by atoms with Gasteiger partial charge in [-0.3, -0.25) is 4.99 Å². The van der Waals surface area contributed by atoms with Gasteiger partial charge in [-0.05, 0) is 12.1 Å². The second-order valence-corrected chi connectivity index (χ2v) is 3.16. The number of nitrogens with one attached hydrogen (secondary N) is 2. The number of phenolic OH excluding ortho intramolecular Hbond substituents is 1. The second kappa shape index (κ2) is 5.79.